The van der Waals surface area contributed by atoms with E-state index < -0.39 is 11.2 Å². The SMILES string of the molecule is Cn1c(C(=O)N2CCC[C@@H]2c2ccco2)cc(=O)n(C)c1=O. The van der Waals surface area contributed by atoms with Gasteiger partial charge in [-0.3, -0.25) is 18.7 Å². The third-order valence-electron chi connectivity index (χ3n) is 4.13. The number of hydrogen-bond donors (Lipinski definition) is 0. The van der Waals surface area contributed by atoms with Gasteiger partial charge in [0.2, 0.25) is 0 Å². The van der Waals surface area contributed by atoms with E-state index in [9.17, 15) is 14.4 Å². The first-order valence-corrected chi connectivity index (χ1v) is 7.12. The highest BCUT2D eigenvalue weighted by Crippen LogP contribution is 2.32. The molecule has 7 heteroatoms. The third-order valence-corrected chi connectivity index (χ3v) is 4.13. The molecule has 0 aliphatic carbocycles. The lowest BCUT2D eigenvalue weighted by molar-refractivity contribution is 0.0707. The van der Waals surface area contributed by atoms with Crippen LogP contribution in [0.4, 0.5) is 0 Å². The van der Waals surface area contributed by atoms with Crippen molar-refractivity contribution in [2.75, 3.05) is 6.54 Å². The minimum atomic E-state index is -0.510. The van der Waals surface area contributed by atoms with Gasteiger partial charge in [-0.15, -0.1) is 0 Å². The largest absolute Gasteiger partial charge is 0.467 e. The van der Waals surface area contributed by atoms with Gasteiger partial charge in [0.1, 0.15) is 11.5 Å². The normalized spacial score (nSPS) is 17.9. The lowest BCUT2D eigenvalue weighted by Gasteiger charge is -2.24. The first-order valence-electron chi connectivity index (χ1n) is 7.12. The third kappa shape index (κ3) is 2.18. The van der Waals surface area contributed by atoms with Crippen LogP contribution in [-0.2, 0) is 14.1 Å². The lowest BCUT2D eigenvalue weighted by Crippen LogP contribution is -2.42. The summed E-state index contributed by atoms with van der Waals surface area (Å²) in [6.45, 7) is 0.577. The maximum atomic E-state index is 12.8. The van der Waals surface area contributed by atoms with Crippen molar-refractivity contribution < 1.29 is 9.21 Å². The van der Waals surface area contributed by atoms with Crippen LogP contribution >= 0.6 is 0 Å². The standard InChI is InChI=1S/C15H17N3O4/c1-16-11(9-13(19)17(2)15(16)21)14(20)18-7-3-5-10(18)12-6-4-8-22-12/h4,6,8-10H,3,5,7H2,1-2H3/t10-/m1/s1. The molecular weight excluding hydrogens is 286 g/mol. The molecule has 1 atom stereocenters. The lowest BCUT2D eigenvalue weighted by atomic mass is 10.1. The second-order valence-electron chi connectivity index (χ2n) is 5.44. The van der Waals surface area contributed by atoms with Gasteiger partial charge >= 0.3 is 5.69 Å². The van der Waals surface area contributed by atoms with Crippen LogP contribution in [0.2, 0.25) is 0 Å². The van der Waals surface area contributed by atoms with Crippen LogP contribution in [0.3, 0.4) is 0 Å². The van der Waals surface area contributed by atoms with Gasteiger partial charge in [-0.2, -0.15) is 0 Å². The van der Waals surface area contributed by atoms with E-state index in [4.69, 9.17) is 4.42 Å². The van der Waals surface area contributed by atoms with E-state index in [1.807, 2.05) is 6.07 Å². The van der Waals surface area contributed by atoms with Crippen LogP contribution in [0.5, 0.6) is 0 Å². The topological polar surface area (TPSA) is 77.5 Å². The van der Waals surface area contributed by atoms with E-state index in [2.05, 4.69) is 0 Å². The van der Waals surface area contributed by atoms with Crippen molar-refractivity contribution in [1.29, 1.82) is 0 Å². The van der Waals surface area contributed by atoms with Crippen molar-refractivity contribution in [2.45, 2.75) is 18.9 Å². The van der Waals surface area contributed by atoms with E-state index in [1.54, 1.807) is 17.2 Å². The Morgan fingerprint density at radius 3 is 2.73 bits per heavy atom. The van der Waals surface area contributed by atoms with E-state index in [1.165, 1.54) is 24.7 Å². The number of furan rings is 1. The van der Waals surface area contributed by atoms with Gasteiger partial charge in [-0.25, -0.2) is 4.79 Å². The fourth-order valence-electron chi connectivity index (χ4n) is 2.87. The quantitative estimate of drug-likeness (QED) is 0.816. The summed E-state index contributed by atoms with van der Waals surface area (Å²) >= 11 is 0. The second kappa shape index (κ2) is 5.32. The molecular formula is C15H17N3O4. The zero-order valence-corrected chi connectivity index (χ0v) is 12.5. The van der Waals surface area contributed by atoms with Gasteiger partial charge in [-0.05, 0) is 25.0 Å². The van der Waals surface area contributed by atoms with Crippen LogP contribution in [0.25, 0.3) is 0 Å². The Morgan fingerprint density at radius 2 is 2.05 bits per heavy atom. The molecule has 0 N–H and O–H groups in total. The summed E-state index contributed by atoms with van der Waals surface area (Å²) in [5.74, 6) is 0.399. The zero-order chi connectivity index (χ0) is 15.9. The summed E-state index contributed by atoms with van der Waals surface area (Å²) in [7, 11) is 2.88. The van der Waals surface area contributed by atoms with Gasteiger partial charge < -0.3 is 9.32 Å². The van der Waals surface area contributed by atoms with Gasteiger partial charge in [0.15, 0.2) is 0 Å². The molecule has 0 spiro atoms. The number of likely N-dealkylation sites (tertiary alicyclic amines) is 1. The van der Waals surface area contributed by atoms with Crippen LogP contribution in [0.1, 0.15) is 35.1 Å². The van der Waals surface area contributed by atoms with Crippen molar-refractivity contribution in [3.05, 3.63) is 56.8 Å². The van der Waals surface area contributed by atoms with Crippen molar-refractivity contribution in [3.8, 4) is 0 Å². The molecule has 0 bridgehead atoms. The molecule has 1 aliphatic heterocycles. The van der Waals surface area contributed by atoms with Crippen molar-refractivity contribution in [1.82, 2.24) is 14.0 Å². The van der Waals surface area contributed by atoms with E-state index in [-0.39, 0.29) is 17.6 Å². The fraction of sp³-hybridized carbons (Fsp3) is 0.400. The molecule has 3 rings (SSSR count). The molecule has 7 nitrogen and oxygen atoms in total. The molecule has 2 aromatic rings. The number of carbonyl (C=O) groups excluding carboxylic acids is 1. The molecule has 22 heavy (non-hydrogen) atoms. The summed E-state index contributed by atoms with van der Waals surface area (Å²) in [6.07, 6.45) is 3.23. The number of aromatic nitrogens is 2. The fourth-order valence-corrected chi connectivity index (χ4v) is 2.87. The molecule has 0 radical (unpaired) electrons. The Balaban J connectivity index is 2.01. The molecule has 1 aliphatic rings. The van der Waals surface area contributed by atoms with Gasteiger partial charge in [-0.1, -0.05) is 0 Å². The Hall–Kier alpha value is -2.57. The second-order valence-corrected chi connectivity index (χ2v) is 5.44. The van der Waals surface area contributed by atoms with Crippen molar-refractivity contribution >= 4 is 5.91 Å². The first kappa shape index (κ1) is 14.4. The molecule has 1 fully saturated rings. The Labute approximate surface area is 126 Å². The Bertz CT molecular complexity index is 816. The van der Waals surface area contributed by atoms with Gasteiger partial charge in [0.25, 0.3) is 11.5 Å². The number of nitrogens with zero attached hydrogens (tertiary/aromatic N) is 3. The molecule has 1 amide bonds. The summed E-state index contributed by atoms with van der Waals surface area (Å²) in [5, 5.41) is 0. The summed E-state index contributed by atoms with van der Waals surface area (Å²) in [6, 6.07) is 4.67. The van der Waals surface area contributed by atoms with Crippen LogP contribution < -0.4 is 11.2 Å². The first-order chi connectivity index (χ1) is 10.5. The van der Waals surface area contributed by atoms with E-state index >= 15 is 0 Å². The molecule has 0 saturated carbocycles. The van der Waals surface area contributed by atoms with Crippen molar-refractivity contribution in [2.24, 2.45) is 14.1 Å². The monoisotopic (exact) mass is 303 g/mol. The summed E-state index contributed by atoms with van der Waals surface area (Å²) in [4.78, 5) is 38.2. The van der Waals surface area contributed by atoms with E-state index in [0.717, 1.165) is 23.2 Å². The highest BCUT2D eigenvalue weighted by molar-refractivity contribution is 5.92. The molecule has 1 saturated heterocycles. The Kier molecular flexibility index (Phi) is 3.48. The molecule has 116 valence electrons. The maximum absolute atomic E-state index is 12.8. The predicted molar refractivity (Wildman–Crippen MR) is 78.6 cm³/mol. The predicted octanol–water partition coefficient (Wildman–Crippen LogP) is 0.654. The minimum Gasteiger partial charge on any atom is -0.467 e. The van der Waals surface area contributed by atoms with E-state index in [0.29, 0.717) is 6.54 Å². The van der Waals surface area contributed by atoms with Gasteiger partial charge in [0.05, 0.1) is 12.3 Å². The number of rotatable bonds is 2. The highest BCUT2D eigenvalue weighted by atomic mass is 16.3. The van der Waals surface area contributed by atoms with Crippen LogP contribution in [0, 0.1) is 0 Å². The summed E-state index contributed by atoms with van der Waals surface area (Å²) < 4.78 is 7.59. The van der Waals surface area contributed by atoms with Crippen molar-refractivity contribution in [3.63, 3.8) is 0 Å². The average molecular weight is 303 g/mol. The molecule has 0 aromatic carbocycles. The van der Waals surface area contributed by atoms with Gasteiger partial charge in [0, 0.05) is 26.7 Å². The smallest absolute Gasteiger partial charge is 0.331 e. The summed E-state index contributed by atoms with van der Waals surface area (Å²) in [5.41, 5.74) is -0.892. The Morgan fingerprint density at radius 1 is 1.27 bits per heavy atom. The minimum absolute atomic E-state index is 0.103. The maximum Gasteiger partial charge on any atom is 0.331 e. The number of amides is 1. The zero-order valence-electron chi connectivity index (χ0n) is 12.5. The van der Waals surface area contributed by atoms with Crippen LogP contribution in [-0.4, -0.2) is 26.5 Å². The number of carbonyl (C=O) groups is 1. The average Bonchev–Trinajstić information content (AvgIpc) is 3.17. The highest BCUT2D eigenvalue weighted by Gasteiger charge is 2.33. The number of hydrogen-bond acceptors (Lipinski definition) is 4. The van der Waals surface area contributed by atoms with Crippen LogP contribution in [0.15, 0.2) is 38.5 Å². The molecule has 3 heterocycles. The molecule has 2 aromatic heterocycles. The molecule has 0 unspecified atom stereocenters.